The van der Waals surface area contributed by atoms with Gasteiger partial charge in [-0.05, 0) is 54.4 Å². The Bertz CT molecular complexity index is 1240. The van der Waals surface area contributed by atoms with E-state index in [4.69, 9.17) is 9.47 Å². The number of amides is 4. The third-order valence-corrected chi connectivity index (χ3v) is 5.70. The molecule has 1 saturated heterocycles. The van der Waals surface area contributed by atoms with E-state index < -0.39 is 29.7 Å². The van der Waals surface area contributed by atoms with E-state index in [-0.39, 0.29) is 30.4 Å². The molecule has 1 unspecified atom stereocenters. The molecule has 1 aliphatic rings. The maximum Gasteiger partial charge on any atom is 0.332 e. The van der Waals surface area contributed by atoms with Crippen molar-refractivity contribution < 1.29 is 28.2 Å². The van der Waals surface area contributed by atoms with Gasteiger partial charge < -0.3 is 19.7 Å². The van der Waals surface area contributed by atoms with E-state index in [1.165, 1.54) is 48.4 Å². The minimum absolute atomic E-state index is 0.178. The molecule has 0 aliphatic carbocycles. The van der Waals surface area contributed by atoms with Crippen LogP contribution in [0.5, 0.6) is 11.6 Å². The number of nitrogens with zero attached hydrogens (tertiary/aromatic N) is 4. The number of ether oxygens (including phenoxy) is 2. The number of imide groups is 1. The van der Waals surface area contributed by atoms with Gasteiger partial charge in [-0.25, -0.2) is 14.1 Å². The predicted molar refractivity (Wildman–Crippen MR) is 128 cm³/mol. The summed E-state index contributed by atoms with van der Waals surface area (Å²) in [5.41, 5.74) is 1.15. The lowest BCUT2D eigenvalue weighted by molar-refractivity contribution is -0.124. The van der Waals surface area contributed by atoms with Crippen molar-refractivity contribution >= 4 is 29.4 Å². The number of hydrogen-bond acceptors (Lipinski definition) is 7. The van der Waals surface area contributed by atoms with Crippen LogP contribution in [0.4, 0.5) is 20.7 Å². The number of benzene rings is 2. The topological polar surface area (TPSA) is 114 Å². The average molecular weight is 493 g/mol. The summed E-state index contributed by atoms with van der Waals surface area (Å²) in [6.07, 6.45) is 0.154. The van der Waals surface area contributed by atoms with Crippen LogP contribution >= 0.6 is 0 Å². The zero-order chi connectivity index (χ0) is 25.7. The Balaban J connectivity index is 1.53. The maximum absolute atomic E-state index is 13.4. The Labute approximate surface area is 206 Å². The van der Waals surface area contributed by atoms with E-state index in [0.29, 0.717) is 12.2 Å². The van der Waals surface area contributed by atoms with E-state index in [0.717, 1.165) is 10.5 Å². The molecule has 0 saturated carbocycles. The SMILES string of the molecule is COc1ccc(CCN2C(=O)N(c3ccc(F)cc3)C(=O)C2CC(=O)Nc2ccc(OC)nn2)cc1. The molecule has 0 radical (unpaired) electrons. The van der Waals surface area contributed by atoms with Crippen LogP contribution in [0, 0.1) is 5.82 Å². The van der Waals surface area contributed by atoms with Crippen LogP contribution < -0.4 is 19.7 Å². The van der Waals surface area contributed by atoms with Crippen LogP contribution in [0.25, 0.3) is 0 Å². The van der Waals surface area contributed by atoms with Crippen molar-refractivity contribution in [3.63, 3.8) is 0 Å². The third-order valence-electron chi connectivity index (χ3n) is 5.70. The van der Waals surface area contributed by atoms with Gasteiger partial charge in [-0.2, -0.15) is 0 Å². The Morgan fingerprint density at radius 1 is 0.972 bits per heavy atom. The zero-order valence-corrected chi connectivity index (χ0v) is 19.7. The van der Waals surface area contributed by atoms with Gasteiger partial charge in [0, 0.05) is 12.6 Å². The standard InChI is InChI=1S/C25H24FN5O5/c1-35-19-9-3-16(4-10-19)13-14-30-20(15-22(32)27-21-11-12-23(36-2)29-28-21)24(33)31(25(30)34)18-7-5-17(26)6-8-18/h3-12,20H,13-15H2,1-2H3,(H,27,28,32). The van der Waals surface area contributed by atoms with Gasteiger partial charge in [-0.3, -0.25) is 9.59 Å². The van der Waals surface area contributed by atoms with E-state index in [1.54, 1.807) is 19.2 Å². The second kappa shape index (κ2) is 10.8. The van der Waals surface area contributed by atoms with E-state index in [1.807, 2.05) is 12.1 Å². The minimum Gasteiger partial charge on any atom is -0.497 e. The normalized spacial score (nSPS) is 15.2. The second-order valence-electron chi connectivity index (χ2n) is 7.95. The Hall–Kier alpha value is -4.54. The molecule has 4 rings (SSSR count). The summed E-state index contributed by atoms with van der Waals surface area (Å²) in [4.78, 5) is 41.7. The molecule has 3 aromatic rings. The van der Waals surface area contributed by atoms with Gasteiger partial charge in [0.05, 0.1) is 26.3 Å². The summed E-state index contributed by atoms with van der Waals surface area (Å²) in [6.45, 7) is 0.189. The summed E-state index contributed by atoms with van der Waals surface area (Å²) in [5, 5.41) is 10.2. The van der Waals surface area contributed by atoms with Crippen LogP contribution in [-0.2, 0) is 16.0 Å². The zero-order valence-electron chi connectivity index (χ0n) is 19.7. The summed E-state index contributed by atoms with van der Waals surface area (Å²) in [7, 11) is 3.01. The molecule has 11 heteroatoms. The molecule has 4 amide bonds. The molecule has 1 atom stereocenters. The summed E-state index contributed by atoms with van der Waals surface area (Å²) in [5.74, 6) is -0.425. The number of nitrogens with one attached hydrogen (secondary N) is 1. The largest absolute Gasteiger partial charge is 0.497 e. The maximum atomic E-state index is 13.4. The van der Waals surface area contributed by atoms with Gasteiger partial charge in [-0.1, -0.05) is 12.1 Å². The van der Waals surface area contributed by atoms with Crippen molar-refractivity contribution in [3.8, 4) is 11.6 Å². The molecule has 186 valence electrons. The fourth-order valence-corrected chi connectivity index (χ4v) is 3.82. The van der Waals surface area contributed by atoms with Crippen LogP contribution in [0.3, 0.4) is 0 Å². The molecule has 10 nitrogen and oxygen atoms in total. The average Bonchev–Trinajstić information content (AvgIpc) is 3.12. The van der Waals surface area contributed by atoms with Crippen LogP contribution in [0.2, 0.25) is 0 Å². The lowest BCUT2D eigenvalue weighted by Crippen LogP contribution is -2.39. The molecule has 2 aromatic carbocycles. The van der Waals surface area contributed by atoms with Crippen molar-refractivity contribution in [1.29, 1.82) is 0 Å². The fraction of sp³-hybridized carbons (Fsp3) is 0.240. The van der Waals surface area contributed by atoms with Crippen LogP contribution in [-0.4, -0.2) is 59.7 Å². The van der Waals surface area contributed by atoms with E-state index >= 15 is 0 Å². The Kier molecular flexibility index (Phi) is 7.38. The van der Waals surface area contributed by atoms with Crippen LogP contribution in [0.15, 0.2) is 60.7 Å². The van der Waals surface area contributed by atoms with E-state index in [9.17, 15) is 18.8 Å². The van der Waals surface area contributed by atoms with Gasteiger partial charge in [0.15, 0.2) is 5.82 Å². The molecule has 1 aromatic heterocycles. The molecule has 0 bridgehead atoms. The number of anilines is 2. The first-order valence-electron chi connectivity index (χ1n) is 11.1. The molecule has 1 aliphatic heterocycles. The highest BCUT2D eigenvalue weighted by Gasteiger charge is 2.46. The third kappa shape index (κ3) is 5.40. The summed E-state index contributed by atoms with van der Waals surface area (Å²) >= 11 is 0. The molecule has 36 heavy (non-hydrogen) atoms. The molecule has 1 fully saturated rings. The van der Waals surface area contributed by atoms with Crippen molar-refractivity contribution in [2.45, 2.75) is 18.9 Å². The number of urea groups is 1. The van der Waals surface area contributed by atoms with Crippen molar-refractivity contribution in [2.24, 2.45) is 0 Å². The molecule has 1 N–H and O–H groups in total. The number of carbonyl (C=O) groups is 3. The predicted octanol–water partition coefficient (Wildman–Crippen LogP) is 3.04. The van der Waals surface area contributed by atoms with Crippen molar-refractivity contribution in [3.05, 3.63) is 72.0 Å². The fourth-order valence-electron chi connectivity index (χ4n) is 3.82. The summed E-state index contributed by atoms with van der Waals surface area (Å²) < 4.78 is 23.5. The van der Waals surface area contributed by atoms with Crippen LogP contribution in [0.1, 0.15) is 12.0 Å². The highest BCUT2D eigenvalue weighted by molar-refractivity contribution is 6.22. The monoisotopic (exact) mass is 493 g/mol. The minimum atomic E-state index is -1.05. The first kappa shape index (κ1) is 24.6. The number of rotatable bonds is 9. The molecule has 0 spiro atoms. The number of hydrogen-bond donors (Lipinski definition) is 1. The lowest BCUT2D eigenvalue weighted by Gasteiger charge is -2.21. The van der Waals surface area contributed by atoms with Crippen molar-refractivity contribution in [2.75, 3.05) is 31.0 Å². The quantitative estimate of drug-likeness (QED) is 0.456. The van der Waals surface area contributed by atoms with Gasteiger partial charge in [0.25, 0.3) is 5.91 Å². The second-order valence-corrected chi connectivity index (χ2v) is 7.95. The smallest absolute Gasteiger partial charge is 0.332 e. The number of carbonyl (C=O) groups excluding carboxylic acids is 3. The van der Waals surface area contributed by atoms with Gasteiger partial charge in [0.2, 0.25) is 11.8 Å². The van der Waals surface area contributed by atoms with Gasteiger partial charge in [-0.15, -0.1) is 10.2 Å². The Morgan fingerprint density at radius 3 is 2.31 bits per heavy atom. The highest BCUT2D eigenvalue weighted by atomic mass is 19.1. The number of halogens is 1. The number of aromatic nitrogens is 2. The first-order chi connectivity index (χ1) is 17.4. The lowest BCUT2D eigenvalue weighted by atomic mass is 10.1. The van der Waals surface area contributed by atoms with Gasteiger partial charge >= 0.3 is 6.03 Å². The Morgan fingerprint density at radius 2 is 1.69 bits per heavy atom. The molecular weight excluding hydrogens is 469 g/mol. The van der Waals surface area contributed by atoms with Crippen molar-refractivity contribution in [1.82, 2.24) is 15.1 Å². The highest BCUT2D eigenvalue weighted by Crippen LogP contribution is 2.28. The first-order valence-corrected chi connectivity index (χ1v) is 11.1. The molecular formula is C25H24FN5O5. The molecule has 2 heterocycles. The summed E-state index contributed by atoms with van der Waals surface area (Å²) in [6, 6.07) is 13.8. The van der Waals surface area contributed by atoms with E-state index in [2.05, 4.69) is 15.5 Å². The number of methoxy groups -OCH3 is 2. The van der Waals surface area contributed by atoms with Gasteiger partial charge in [0.1, 0.15) is 17.6 Å².